The molecule has 2 N–H and O–H groups in total. The van der Waals surface area contributed by atoms with Gasteiger partial charge >= 0.3 is 0 Å². The quantitative estimate of drug-likeness (QED) is 0.779. The van der Waals surface area contributed by atoms with Crippen molar-refractivity contribution in [2.24, 2.45) is 0 Å². The highest BCUT2D eigenvalue weighted by molar-refractivity contribution is 5.81. The van der Waals surface area contributed by atoms with Crippen LogP contribution in [-0.4, -0.2) is 16.7 Å². The van der Waals surface area contributed by atoms with Crippen molar-refractivity contribution < 1.29 is 0 Å². The molecule has 0 fully saturated rings. The number of anilines is 1. The zero-order valence-corrected chi connectivity index (χ0v) is 9.10. The van der Waals surface area contributed by atoms with Crippen molar-refractivity contribution in [3.05, 3.63) is 52.3 Å². The van der Waals surface area contributed by atoms with Crippen LogP contribution in [0.5, 0.6) is 0 Å². The second-order valence-corrected chi connectivity index (χ2v) is 3.84. The smallest absolute Gasteiger partial charge is 0.288 e. The van der Waals surface area contributed by atoms with E-state index in [2.05, 4.69) is 15.5 Å². The monoisotopic (exact) mass is 225 g/mol. The van der Waals surface area contributed by atoms with Crippen molar-refractivity contribution >= 4 is 11.8 Å². The lowest BCUT2D eigenvalue weighted by Gasteiger charge is -2.14. The van der Waals surface area contributed by atoms with Crippen molar-refractivity contribution in [3.8, 4) is 11.3 Å². The third kappa shape index (κ3) is 1.63. The van der Waals surface area contributed by atoms with Crippen LogP contribution in [0.4, 0.5) is 5.69 Å². The van der Waals surface area contributed by atoms with Crippen LogP contribution in [0.1, 0.15) is 5.56 Å². The van der Waals surface area contributed by atoms with Gasteiger partial charge in [0.1, 0.15) is 11.4 Å². The molecule has 0 aliphatic carbocycles. The second-order valence-electron chi connectivity index (χ2n) is 3.84. The van der Waals surface area contributed by atoms with E-state index in [-0.39, 0.29) is 5.56 Å². The van der Waals surface area contributed by atoms with Gasteiger partial charge < -0.3 is 5.32 Å². The third-order valence-electron chi connectivity index (χ3n) is 2.75. The molecule has 0 unspecified atom stereocenters. The number of benzene rings is 1. The van der Waals surface area contributed by atoms with Crippen LogP contribution in [0.15, 0.2) is 41.2 Å². The molecule has 1 aromatic heterocycles. The summed E-state index contributed by atoms with van der Waals surface area (Å²) in [6.07, 6.45) is 3.92. The van der Waals surface area contributed by atoms with Gasteiger partial charge in [0.15, 0.2) is 0 Å². The van der Waals surface area contributed by atoms with Crippen LogP contribution in [0, 0.1) is 0 Å². The van der Waals surface area contributed by atoms with Gasteiger partial charge in [-0.15, -0.1) is 0 Å². The number of aromatic nitrogens is 2. The number of aromatic amines is 1. The molecule has 17 heavy (non-hydrogen) atoms. The molecule has 84 valence electrons. The lowest BCUT2D eigenvalue weighted by Crippen LogP contribution is -2.20. The molecule has 2 aromatic rings. The van der Waals surface area contributed by atoms with Gasteiger partial charge in [-0.05, 0) is 0 Å². The molecule has 4 nitrogen and oxygen atoms in total. The van der Waals surface area contributed by atoms with Gasteiger partial charge in [-0.25, -0.2) is 5.10 Å². The molecule has 0 saturated heterocycles. The summed E-state index contributed by atoms with van der Waals surface area (Å²) in [7, 11) is 0. The first kappa shape index (κ1) is 9.84. The van der Waals surface area contributed by atoms with E-state index < -0.39 is 0 Å². The van der Waals surface area contributed by atoms with Gasteiger partial charge in [0, 0.05) is 17.7 Å². The Bertz CT molecular complexity index is 629. The van der Waals surface area contributed by atoms with E-state index in [1.54, 1.807) is 0 Å². The zero-order valence-electron chi connectivity index (χ0n) is 9.10. The summed E-state index contributed by atoms with van der Waals surface area (Å²) in [6.45, 7) is 0.675. The highest BCUT2D eigenvalue weighted by Gasteiger charge is 2.14. The van der Waals surface area contributed by atoms with Gasteiger partial charge in [-0.3, -0.25) is 4.79 Å². The van der Waals surface area contributed by atoms with E-state index in [0.29, 0.717) is 12.2 Å². The maximum absolute atomic E-state index is 11.6. The topological polar surface area (TPSA) is 57.8 Å². The Morgan fingerprint density at radius 2 is 2.00 bits per heavy atom. The van der Waals surface area contributed by atoms with Crippen LogP contribution in [0.25, 0.3) is 17.3 Å². The standard InChI is InChI=1S/C13H11N3O/c17-13-12-10(7-4-8-14-12)11(15-16-13)9-5-2-1-3-6-9/h1-7,14H,8H2,(H,16,17). The molecule has 0 spiro atoms. The van der Waals surface area contributed by atoms with Crippen molar-refractivity contribution in [1.29, 1.82) is 0 Å². The molecule has 2 heterocycles. The normalized spacial score (nSPS) is 12.9. The van der Waals surface area contributed by atoms with E-state index >= 15 is 0 Å². The first-order valence-corrected chi connectivity index (χ1v) is 5.45. The predicted molar refractivity (Wildman–Crippen MR) is 67.8 cm³/mol. The van der Waals surface area contributed by atoms with Crippen molar-refractivity contribution in [2.75, 3.05) is 11.9 Å². The molecule has 0 saturated carbocycles. The highest BCUT2D eigenvalue weighted by atomic mass is 16.1. The highest BCUT2D eigenvalue weighted by Crippen LogP contribution is 2.26. The van der Waals surface area contributed by atoms with E-state index in [4.69, 9.17) is 0 Å². The Hall–Kier alpha value is -2.36. The third-order valence-corrected chi connectivity index (χ3v) is 2.75. The summed E-state index contributed by atoms with van der Waals surface area (Å²) in [5.74, 6) is 0. The number of hydrogen-bond donors (Lipinski definition) is 2. The summed E-state index contributed by atoms with van der Waals surface area (Å²) in [6, 6.07) is 9.81. The van der Waals surface area contributed by atoms with Gasteiger partial charge in [0.2, 0.25) is 0 Å². The van der Waals surface area contributed by atoms with Crippen molar-refractivity contribution in [2.45, 2.75) is 0 Å². The van der Waals surface area contributed by atoms with Crippen molar-refractivity contribution in [3.63, 3.8) is 0 Å². The Labute approximate surface area is 98.0 Å². The second kappa shape index (κ2) is 3.90. The number of rotatable bonds is 1. The fraction of sp³-hybridized carbons (Fsp3) is 0.0769. The van der Waals surface area contributed by atoms with Crippen molar-refractivity contribution in [1.82, 2.24) is 10.2 Å². The summed E-state index contributed by atoms with van der Waals surface area (Å²) < 4.78 is 0. The van der Waals surface area contributed by atoms with Crippen LogP contribution in [-0.2, 0) is 0 Å². The van der Waals surface area contributed by atoms with Crippen LogP contribution >= 0.6 is 0 Å². The fourth-order valence-electron chi connectivity index (χ4n) is 1.96. The molecule has 1 aromatic carbocycles. The average molecular weight is 225 g/mol. The Morgan fingerprint density at radius 3 is 2.82 bits per heavy atom. The molecular formula is C13H11N3O. The molecule has 0 radical (unpaired) electrons. The lowest BCUT2D eigenvalue weighted by molar-refractivity contribution is 0.986. The summed E-state index contributed by atoms with van der Waals surface area (Å²) in [5.41, 5.74) is 3.06. The molecule has 1 aliphatic rings. The van der Waals surface area contributed by atoms with E-state index in [1.165, 1.54) is 0 Å². The molecule has 0 amide bonds. The Morgan fingerprint density at radius 1 is 1.18 bits per heavy atom. The first-order chi connectivity index (χ1) is 8.36. The SMILES string of the molecule is O=c1[nH]nc(-c2ccccc2)c2c1NCC=C2. The number of fused-ring (bicyclic) bond motifs is 1. The molecule has 4 heteroatoms. The Kier molecular flexibility index (Phi) is 2.26. The minimum Gasteiger partial charge on any atom is -0.377 e. The number of nitrogens with zero attached hydrogens (tertiary/aromatic N) is 1. The van der Waals surface area contributed by atoms with E-state index in [9.17, 15) is 4.79 Å². The zero-order chi connectivity index (χ0) is 11.7. The maximum atomic E-state index is 11.6. The van der Waals surface area contributed by atoms with Crippen LogP contribution in [0.2, 0.25) is 0 Å². The molecular weight excluding hydrogens is 214 g/mol. The average Bonchev–Trinajstić information content (AvgIpc) is 2.41. The summed E-state index contributed by atoms with van der Waals surface area (Å²) in [5, 5.41) is 9.73. The number of H-pyrrole nitrogens is 1. The maximum Gasteiger partial charge on any atom is 0.288 e. The van der Waals surface area contributed by atoms with Gasteiger partial charge in [-0.1, -0.05) is 42.5 Å². The molecule has 0 atom stereocenters. The van der Waals surface area contributed by atoms with Crippen LogP contribution < -0.4 is 10.9 Å². The summed E-state index contributed by atoms with van der Waals surface area (Å²) in [4.78, 5) is 11.6. The largest absolute Gasteiger partial charge is 0.377 e. The minimum atomic E-state index is -0.177. The van der Waals surface area contributed by atoms with Gasteiger partial charge in [-0.2, -0.15) is 5.10 Å². The van der Waals surface area contributed by atoms with Gasteiger partial charge in [0.05, 0.1) is 0 Å². The van der Waals surface area contributed by atoms with Gasteiger partial charge in [0.25, 0.3) is 5.56 Å². The first-order valence-electron chi connectivity index (χ1n) is 5.45. The molecule has 0 bridgehead atoms. The fourth-order valence-corrected chi connectivity index (χ4v) is 1.96. The Balaban J connectivity index is 2.27. The van der Waals surface area contributed by atoms with Crippen LogP contribution in [0.3, 0.4) is 0 Å². The molecule has 1 aliphatic heterocycles. The lowest BCUT2D eigenvalue weighted by atomic mass is 10.0. The molecule has 3 rings (SSSR count). The predicted octanol–water partition coefficient (Wildman–Crippen LogP) is 1.88. The van der Waals surface area contributed by atoms with E-state index in [1.807, 2.05) is 42.5 Å². The van der Waals surface area contributed by atoms with E-state index in [0.717, 1.165) is 16.8 Å². The minimum absolute atomic E-state index is 0.177. The number of nitrogens with one attached hydrogen (secondary N) is 2. The summed E-state index contributed by atoms with van der Waals surface area (Å²) >= 11 is 0. The number of hydrogen-bond acceptors (Lipinski definition) is 3.